The Labute approximate surface area is 210 Å². The molecule has 0 radical (unpaired) electrons. The predicted molar refractivity (Wildman–Crippen MR) is 144 cm³/mol. The lowest BCUT2D eigenvalue weighted by atomic mass is 10.2. The molecule has 0 saturated carbocycles. The average molecular weight is 507 g/mol. The van der Waals surface area contributed by atoms with E-state index in [-0.39, 0.29) is 27.5 Å². The number of aromatic nitrogens is 2. The fourth-order valence-corrected chi connectivity index (χ4v) is 11.1. The number of thioether (sulfide) groups is 1. The van der Waals surface area contributed by atoms with Crippen molar-refractivity contribution in [2.24, 2.45) is 5.11 Å². The Morgan fingerprint density at radius 2 is 1.74 bits per heavy atom. The molecule has 182 valence electrons. The van der Waals surface area contributed by atoms with Crippen molar-refractivity contribution in [2.75, 3.05) is 12.3 Å². The second-order valence-electron chi connectivity index (χ2n) is 9.67. The summed E-state index contributed by atoms with van der Waals surface area (Å²) in [6.07, 6.45) is 2.22. The van der Waals surface area contributed by atoms with Crippen LogP contribution in [0.15, 0.2) is 82.8 Å². The highest BCUT2D eigenvalue weighted by atomic mass is 32.2. The summed E-state index contributed by atoms with van der Waals surface area (Å²) in [6, 6.07) is 22.2. The summed E-state index contributed by atoms with van der Waals surface area (Å²) in [5.74, 6) is 0.168. The van der Waals surface area contributed by atoms with Crippen molar-refractivity contribution in [1.29, 1.82) is 0 Å². The van der Waals surface area contributed by atoms with E-state index in [0.29, 0.717) is 13.0 Å². The molecule has 2 N–H and O–H groups in total. The van der Waals surface area contributed by atoms with Gasteiger partial charge in [-0.3, -0.25) is 4.57 Å². The molecule has 4 rings (SSSR count). The molecule has 1 fully saturated rings. The lowest BCUT2D eigenvalue weighted by molar-refractivity contribution is 0.292. The second kappa shape index (κ2) is 10.3. The van der Waals surface area contributed by atoms with Crippen LogP contribution in [0.25, 0.3) is 10.4 Å². The number of anilines is 1. The Morgan fingerprint density at radius 1 is 1.14 bits per heavy atom. The third-order valence-corrected chi connectivity index (χ3v) is 12.9. The standard InChI is InChI=1S/C25H30N6O2SSi/c1-25(2,3)35(19-10-6-4-7-11-19,20-12-8-5-9-13-20)33-17-18-16-21(29-30-27)23(34-18)31-15-14-22(26)28-24(31)32/h4-15,18,21,23H,16-17H2,1-3H3,(H2,26,28,32)/t18-,21+,23-/m1/s1. The van der Waals surface area contributed by atoms with Crippen LogP contribution >= 0.6 is 11.8 Å². The molecule has 3 atom stereocenters. The highest BCUT2D eigenvalue weighted by Gasteiger charge is 2.51. The molecule has 3 aromatic rings. The maximum Gasteiger partial charge on any atom is 0.350 e. The van der Waals surface area contributed by atoms with Gasteiger partial charge in [0.1, 0.15) is 5.82 Å². The van der Waals surface area contributed by atoms with Crippen LogP contribution in [0.1, 0.15) is 32.6 Å². The minimum absolute atomic E-state index is 0.0432. The van der Waals surface area contributed by atoms with Crippen molar-refractivity contribution in [3.05, 3.63) is 93.9 Å². The lowest BCUT2D eigenvalue weighted by Crippen LogP contribution is -2.67. The zero-order valence-electron chi connectivity index (χ0n) is 20.1. The summed E-state index contributed by atoms with van der Waals surface area (Å²) in [6.45, 7) is 7.20. The van der Waals surface area contributed by atoms with E-state index in [9.17, 15) is 4.79 Å². The van der Waals surface area contributed by atoms with Gasteiger partial charge in [0.25, 0.3) is 8.32 Å². The first-order valence-corrected chi connectivity index (χ1v) is 14.4. The molecular formula is C25H30N6O2SSi. The number of nitrogens with two attached hydrogens (primary N) is 1. The van der Waals surface area contributed by atoms with Gasteiger partial charge in [0.15, 0.2) is 0 Å². The van der Waals surface area contributed by atoms with E-state index in [2.05, 4.69) is 84.3 Å². The number of nitrogen functional groups attached to an aromatic ring is 1. The number of hydrogen-bond donors (Lipinski definition) is 1. The van der Waals surface area contributed by atoms with Gasteiger partial charge < -0.3 is 10.2 Å². The summed E-state index contributed by atoms with van der Waals surface area (Å²) in [5, 5.41) is 5.97. The molecule has 0 aliphatic carbocycles. The highest BCUT2D eigenvalue weighted by molar-refractivity contribution is 8.00. The quantitative estimate of drug-likeness (QED) is 0.224. The van der Waals surface area contributed by atoms with Gasteiger partial charge in [-0.25, -0.2) is 4.79 Å². The van der Waals surface area contributed by atoms with Crippen LogP contribution in [0.2, 0.25) is 5.04 Å². The van der Waals surface area contributed by atoms with Crippen LogP contribution in [0.4, 0.5) is 5.82 Å². The number of nitrogens with zero attached hydrogens (tertiary/aromatic N) is 5. The smallest absolute Gasteiger partial charge is 0.350 e. The lowest BCUT2D eigenvalue weighted by Gasteiger charge is -2.43. The molecular weight excluding hydrogens is 476 g/mol. The molecule has 0 unspecified atom stereocenters. The maximum absolute atomic E-state index is 12.5. The van der Waals surface area contributed by atoms with Crippen LogP contribution < -0.4 is 21.8 Å². The van der Waals surface area contributed by atoms with Gasteiger partial charge in [-0.05, 0) is 33.4 Å². The number of rotatable bonds is 7. The Balaban J connectivity index is 1.68. The van der Waals surface area contributed by atoms with Gasteiger partial charge in [-0.2, -0.15) is 4.98 Å². The average Bonchev–Trinajstić information content (AvgIpc) is 3.22. The monoisotopic (exact) mass is 506 g/mol. The van der Waals surface area contributed by atoms with Crippen LogP contribution in [0, 0.1) is 0 Å². The Hall–Kier alpha value is -3.04. The Bertz CT molecular complexity index is 1220. The van der Waals surface area contributed by atoms with Gasteiger partial charge in [0.05, 0.1) is 11.4 Å². The van der Waals surface area contributed by atoms with Gasteiger partial charge >= 0.3 is 5.69 Å². The van der Waals surface area contributed by atoms with Crippen molar-refractivity contribution in [2.45, 2.75) is 48.9 Å². The third kappa shape index (κ3) is 5.01. The summed E-state index contributed by atoms with van der Waals surface area (Å²) >= 11 is 1.59. The summed E-state index contributed by atoms with van der Waals surface area (Å²) in [4.78, 5) is 19.4. The first-order valence-electron chi connectivity index (χ1n) is 11.6. The van der Waals surface area contributed by atoms with Crippen molar-refractivity contribution >= 4 is 36.3 Å². The second-order valence-corrected chi connectivity index (χ2v) is 15.4. The maximum atomic E-state index is 12.5. The summed E-state index contributed by atoms with van der Waals surface area (Å²) in [5.41, 5.74) is 14.4. The number of hydrogen-bond acceptors (Lipinski definition) is 6. The Morgan fingerprint density at radius 3 is 2.26 bits per heavy atom. The number of azide groups is 1. The van der Waals surface area contributed by atoms with E-state index in [4.69, 9.17) is 15.7 Å². The molecule has 1 aromatic heterocycles. The fourth-order valence-electron chi connectivity index (χ4n) is 4.86. The molecule has 0 bridgehead atoms. The molecule has 2 aromatic carbocycles. The summed E-state index contributed by atoms with van der Waals surface area (Å²) < 4.78 is 8.57. The molecule has 10 heteroatoms. The first-order chi connectivity index (χ1) is 16.8. The van der Waals surface area contributed by atoms with Gasteiger partial charge in [0.2, 0.25) is 0 Å². The van der Waals surface area contributed by atoms with E-state index >= 15 is 0 Å². The molecule has 1 aliphatic rings. The Kier molecular flexibility index (Phi) is 7.37. The van der Waals surface area contributed by atoms with E-state index in [0.717, 1.165) is 0 Å². The third-order valence-electron chi connectivity index (χ3n) is 6.39. The minimum atomic E-state index is -2.69. The van der Waals surface area contributed by atoms with Crippen molar-refractivity contribution in [3.63, 3.8) is 0 Å². The largest absolute Gasteiger partial charge is 0.406 e. The van der Waals surface area contributed by atoms with Gasteiger partial charge in [-0.1, -0.05) is 86.5 Å². The number of benzene rings is 2. The zero-order chi connectivity index (χ0) is 25.1. The fraction of sp³-hybridized carbons (Fsp3) is 0.360. The van der Waals surface area contributed by atoms with Crippen LogP contribution in [0.3, 0.4) is 0 Å². The van der Waals surface area contributed by atoms with Crippen molar-refractivity contribution in [3.8, 4) is 0 Å². The normalized spacial score (nSPS) is 20.4. The van der Waals surface area contributed by atoms with Crippen molar-refractivity contribution < 1.29 is 4.43 Å². The van der Waals surface area contributed by atoms with E-state index in [1.807, 2.05) is 12.1 Å². The minimum Gasteiger partial charge on any atom is -0.406 e. The molecule has 0 spiro atoms. The molecule has 1 aliphatic heterocycles. The molecule has 2 heterocycles. The first kappa shape index (κ1) is 25.1. The van der Waals surface area contributed by atoms with E-state index in [1.165, 1.54) is 14.9 Å². The van der Waals surface area contributed by atoms with E-state index < -0.39 is 14.0 Å². The predicted octanol–water partition coefficient (Wildman–Crippen LogP) is 4.09. The zero-order valence-corrected chi connectivity index (χ0v) is 21.9. The molecule has 8 nitrogen and oxygen atoms in total. The van der Waals surface area contributed by atoms with Crippen LogP contribution in [-0.2, 0) is 4.43 Å². The molecule has 0 amide bonds. The van der Waals surface area contributed by atoms with Crippen LogP contribution in [0.5, 0.6) is 0 Å². The van der Waals surface area contributed by atoms with Crippen LogP contribution in [-0.4, -0.2) is 35.8 Å². The van der Waals surface area contributed by atoms with Crippen molar-refractivity contribution in [1.82, 2.24) is 9.55 Å². The SMILES string of the molecule is CC(C)(C)[Si](OC[C@H]1C[C@H](N=[N+]=[N-])[C@H](n2ccc(N)nc2=O)S1)(c1ccccc1)c1ccccc1. The van der Waals surface area contributed by atoms with Gasteiger partial charge in [0, 0.05) is 23.0 Å². The van der Waals surface area contributed by atoms with E-state index in [1.54, 1.807) is 24.0 Å². The summed E-state index contributed by atoms with van der Waals surface area (Å²) in [7, 11) is -2.69. The molecule has 35 heavy (non-hydrogen) atoms. The van der Waals surface area contributed by atoms with Gasteiger partial charge in [-0.15, -0.1) is 11.8 Å². The molecule has 1 saturated heterocycles. The topological polar surface area (TPSA) is 119 Å². The highest BCUT2D eigenvalue weighted by Crippen LogP contribution is 2.44.